The van der Waals surface area contributed by atoms with Crippen LogP contribution in [0.4, 0.5) is 13.2 Å². The molecule has 0 unspecified atom stereocenters. The Hall–Kier alpha value is -1.15. The maximum absolute atomic E-state index is 12.6. The molecule has 1 aliphatic heterocycles. The van der Waals surface area contributed by atoms with Crippen LogP contribution in [0.1, 0.15) is 18.6 Å². The van der Waals surface area contributed by atoms with Crippen LogP contribution in [0.25, 0.3) is 0 Å². The highest BCUT2D eigenvalue weighted by Crippen LogP contribution is 2.29. The van der Waals surface area contributed by atoms with E-state index in [4.69, 9.17) is 5.73 Å². The summed E-state index contributed by atoms with van der Waals surface area (Å²) in [5, 5.41) is 6.80. The molecule has 0 radical (unpaired) electrons. The van der Waals surface area contributed by atoms with Crippen molar-refractivity contribution in [2.45, 2.75) is 32.2 Å². The molecule has 17 heavy (non-hydrogen) atoms. The Morgan fingerprint density at radius 1 is 1.35 bits per heavy atom. The molecular formula is C9H14F3N5. The standard InChI is InChI=1S/C9H14F3N5/c1-6(13)4-16-2-3-17-7(5-16)14-15-8(17)9(10,11)12/h6H,2-5,13H2,1H3/t6-/m0/s1. The van der Waals surface area contributed by atoms with Gasteiger partial charge in [-0.1, -0.05) is 0 Å². The summed E-state index contributed by atoms with van der Waals surface area (Å²) in [6.45, 7) is 3.67. The quantitative estimate of drug-likeness (QED) is 0.827. The molecule has 1 atom stereocenters. The van der Waals surface area contributed by atoms with E-state index >= 15 is 0 Å². The molecule has 2 heterocycles. The van der Waals surface area contributed by atoms with Crippen molar-refractivity contribution in [3.05, 3.63) is 11.6 Å². The second-order valence-corrected chi connectivity index (χ2v) is 4.30. The van der Waals surface area contributed by atoms with Gasteiger partial charge in [0.2, 0.25) is 5.82 Å². The van der Waals surface area contributed by atoms with E-state index in [2.05, 4.69) is 10.2 Å². The Kier molecular flexibility index (Phi) is 3.09. The van der Waals surface area contributed by atoms with Gasteiger partial charge in [0.1, 0.15) is 5.82 Å². The van der Waals surface area contributed by atoms with Crippen molar-refractivity contribution in [1.29, 1.82) is 0 Å². The van der Waals surface area contributed by atoms with Gasteiger partial charge in [0.25, 0.3) is 0 Å². The minimum Gasteiger partial charge on any atom is -0.327 e. The average molecular weight is 249 g/mol. The largest absolute Gasteiger partial charge is 0.451 e. The molecule has 1 aromatic heterocycles. The summed E-state index contributed by atoms with van der Waals surface area (Å²) in [4.78, 5) is 1.98. The third-order valence-electron chi connectivity index (χ3n) is 2.63. The van der Waals surface area contributed by atoms with Crippen LogP contribution >= 0.6 is 0 Å². The van der Waals surface area contributed by atoms with Crippen molar-refractivity contribution >= 4 is 0 Å². The molecule has 0 aromatic carbocycles. The fourth-order valence-corrected chi connectivity index (χ4v) is 1.98. The topological polar surface area (TPSA) is 60.0 Å². The van der Waals surface area contributed by atoms with Crippen LogP contribution in [0.5, 0.6) is 0 Å². The maximum Gasteiger partial charge on any atom is 0.451 e. The zero-order valence-electron chi connectivity index (χ0n) is 9.41. The number of nitrogens with zero attached hydrogens (tertiary/aromatic N) is 4. The summed E-state index contributed by atoms with van der Waals surface area (Å²) in [6.07, 6.45) is -4.44. The fraction of sp³-hybridized carbons (Fsp3) is 0.778. The summed E-state index contributed by atoms with van der Waals surface area (Å²) >= 11 is 0. The Bertz CT molecular complexity index is 398. The van der Waals surface area contributed by atoms with E-state index in [1.807, 2.05) is 11.8 Å². The summed E-state index contributed by atoms with van der Waals surface area (Å²) in [6, 6.07) is -0.00782. The lowest BCUT2D eigenvalue weighted by Gasteiger charge is -2.28. The number of alkyl halides is 3. The Morgan fingerprint density at radius 3 is 2.65 bits per heavy atom. The molecule has 2 rings (SSSR count). The molecule has 1 aliphatic rings. The zero-order valence-corrected chi connectivity index (χ0v) is 9.41. The maximum atomic E-state index is 12.6. The Labute approximate surface area is 96.4 Å². The van der Waals surface area contributed by atoms with Gasteiger partial charge in [-0.15, -0.1) is 10.2 Å². The van der Waals surface area contributed by atoms with E-state index in [9.17, 15) is 13.2 Å². The van der Waals surface area contributed by atoms with Crippen LogP contribution in [0.2, 0.25) is 0 Å². The Morgan fingerprint density at radius 2 is 2.06 bits per heavy atom. The summed E-state index contributed by atoms with van der Waals surface area (Å²) in [5.41, 5.74) is 5.65. The first kappa shape index (κ1) is 12.3. The van der Waals surface area contributed by atoms with E-state index in [-0.39, 0.29) is 12.6 Å². The molecule has 8 heteroatoms. The van der Waals surface area contributed by atoms with Crippen LogP contribution in [0.3, 0.4) is 0 Å². The van der Waals surface area contributed by atoms with Crippen LogP contribution in [-0.4, -0.2) is 38.8 Å². The van der Waals surface area contributed by atoms with Gasteiger partial charge in [-0.05, 0) is 6.92 Å². The first-order valence-corrected chi connectivity index (χ1v) is 5.35. The van der Waals surface area contributed by atoms with Gasteiger partial charge in [-0.25, -0.2) is 0 Å². The summed E-state index contributed by atoms with van der Waals surface area (Å²) in [5.74, 6) is -0.558. The fourth-order valence-electron chi connectivity index (χ4n) is 1.98. The van der Waals surface area contributed by atoms with Crippen LogP contribution < -0.4 is 5.73 Å². The first-order valence-electron chi connectivity index (χ1n) is 5.35. The minimum absolute atomic E-state index is 0.00782. The van der Waals surface area contributed by atoms with E-state index in [1.54, 1.807) is 0 Å². The number of aromatic nitrogens is 3. The zero-order chi connectivity index (χ0) is 12.6. The van der Waals surface area contributed by atoms with Crippen molar-refractivity contribution in [2.75, 3.05) is 13.1 Å². The molecule has 2 N–H and O–H groups in total. The molecule has 5 nitrogen and oxygen atoms in total. The van der Waals surface area contributed by atoms with E-state index in [0.717, 1.165) is 4.57 Å². The molecule has 0 saturated heterocycles. The first-order chi connectivity index (χ1) is 7.88. The van der Waals surface area contributed by atoms with Crippen molar-refractivity contribution in [1.82, 2.24) is 19.7 Å². The lowest BCUT2D eigenvalue weighted by Crippen LogP contribution is -2.41. The van der Waals surface area contributed by atoms with Gasteiger partial charge in [0.05, 0.1) is 6.54 Å². The summed E-state index contributed by atoms with van der Waals surface area (Å²) in [7, 11) is 0. The number of hydrogen-bond donors (Lipinski definition) is 1. The molecule has 0 saturated carbocycles. The van der Waals surface area contributed by atoms with Crippen LogP contribution in [0.15, 0.2) is 0 Å². The average Bonchev–Trinajstić information content (AvgIpc) is 2.58. The van der Waals surface area contributed by atoms with Gasteiger partial charge >= 0.3 is 6.18 Å². The van der Waals surface area contributed by atoms with Gasteiger partial charge in [-0.3, -0.25) is 4.90 Å². The van der Waals surface area contributed by atoms with Crippen molar-refractivity contribution < 1.29 is 13.2 Å². The number of fused-ring (bicyclic) bond motifs is 1. The molecule has 0 spiro atoms. The van der Waals surface area contributed by atoms with Gasteiger partial charge in [0, 0.05) is 25.7 Å². The monoisotopic (exact) mass is 249 g/mol. The lowest BCUT2D eigenvalue weighted by atomic mass is 10.3. The molecule has 0 amide bonds. The smallest absolute Gasteiger partial charge is 0.327 e. The predicted molar refractivity (Wildman–Crippen MR) is 54.0 cm³/mol. The minimum atomic E-state index is -4.44. The predicted octanol–water partition coefficient (Wildman–Crippen LogP) is 0.460. The van der Waals surface area contributed by atoms with Crippen molar-refractivity contribution in [3.63, 3.8) is 0 Å². The van der Waals surface area contributed by atoms with E-state index < -0.39 is 12.0 Å². The second kappa shape index (κ2) is 4.26. The van der Waals surface area contributed by atoms with Gasteiger partial charge in [-0.2, -0.15) is 13.2 Å². The number of halogens is 3. The molecule has 0 fully saturated rings. The molecule has 96 valence electrons. The summed E-state index contributed by atoms with van der Waals surface area (Å²) < 4.78 is 38.8. The highest BCUT2D eigenvalue weighted by molar-refractivity contribution is 5.02. The number of hydrogen-bond acceptors (Lipinski definition) is 4. The second-order valence-electron chi connectivity index (χ2n) is 4.30. The van der Waals surface area contributed by atoms with Crippen molar-refractivity contribution in [2.24, 2.45) is 5.73 Å². The third-order valence-corrected chi connectivity index (χ3v) is 2.63. The van der Waals surface area contributed by atoms with E-state index in [0.29, 0.717) is 25.5 Å². The molecule has 0 aliphatic carbocycles. The van der Waals surface area contributed by atoms with Crippen molar-refractivity contribution in [3.8, 4) is 0 Å². The molecule has 0 bridgehead atoms. The highest BCUT2D eigenvalue weighted by atomic mass is 19.4. The van der Waals surface area contributed by atoms with Gasteiger partial charge in [0.15, 0.2) is 0 Å². The Balaban J connectivity index is 2.16. The lowest BCUT2D eigenvalue weighted by molar-refractivity contribution is -0.148. The molecule has 1 aromatic rings. The van der Waals surface area contributed by atoms with Crippen LogP contribution in [-0.2, 0) is 19.3 Å². The van der Waals surface area contributed by atoms with E-state index in [1.165, 1.54) is 0 Å². The normalized spacial score (nSPS) is 19.1. The SMILES string of the molecule is C[C@H](N)CN1CCn2c(nnc2C(F)(F)F)C1. The molecular weight excluding hydrogens is 235 g/mol. The van der Waals surface area contributed by atoms with Crippen LogP contribution in [0, 0.1) is 0 Å². The highest BCUT2D eigenvalue weighted by Gasteiger charge is 2.39. The third kappa shape index (κ3) is 2.58. The number of nitrogens with two attached hydrogens (primary N) is 1. The van der Waals surface area contributed by atoms with Gasteiger partial charge < -0.3 is 10.3 Å². The number of rotatable bonds is 2.